The van der Waals surface area contributed by atoms with Crippen LogP contribution in [0.1, 0.15) is 16.7 Å². The van der Waals surface area contributed by atoms with E-state index in [9.17, 15) is 23.3 Å². The predicted octanol–water partition coefficient (Wildman–Crippen LogP) is 3.66. The van der Waals surface area contributed by atoms with Gasteiger partial charge in [-0.25, -0.2) is 0 Å². The summed E-state index contributed by atoms with van der Waals surface area (Å²) in [5.74, 6) is -0.199. The van der Waals surface area contributed by atoms with Crippen LogP contribution in [0.25, 0.3) is 0 Å². The molecule has 0 unspecified atom stereocenters. The molecule has 0 fully saturated rings. The summed E-state index contributed by atoms with van der Waals surface area (Å²) in [4.78, 5) is 9.68. The van der Waals surface area contributed by atoms with Gasteiger partial charge in [-0.1, -0.05) is 0 Å². The van der Waals surface area contributed by atoms with Gasteiger partial charge in [0, 0.05) is 11.6 Å². The van der Waals surface area contributed by atoms with Crippen LogP contribution in [0, 0.1) is 17.0 Å². The quantitative estimate of drug-likeness (QED) is 0.459. The molecule has 0 amide bonds. The van der Waals surface area contributed by atoms with E-state index in [4.69, 9.17) is 11.6 Å². The monoisotopic (exact) mass is 253 g/mol. The van der Waals surface area contributed by atoms with Gasteiger partial charge in [-0.05, 0) is 18.6 Å². The lowest BCUT2D eigenvalue weighted by atomic mass is 10.0. The third-order valence-corrected chi connectivity index (χ3v) is 2.36. The largest absolute Gasteiger partial charge is 0.416 e. The first-order valence-electron chi connectivity index (χ1n) is 4.18. The molecule has 0 aliphatic rings. The van der Waals surface area contributed by atoms with Crippen LogP contribution in [0.15, 0.2) is 12.1 Å². The molecule has 0 saturated heterocycles. The Morgan fingerprint density at radius 3 is 2.38 bits per heavy atom. The lowest BCUT2D eigenvalue weighted by Gasteiger charge is -2.11. The van der Waals surface area contributed by atoms with Crippen LogP contribution in [0.3, 0.4) is 0 Å². The van der Waals surface area contributed by atoms with Gasteiger partial charge in [0.05, 0.1) is 16.4 Å². The van der Waals surface area contributed by atoms with Crippen molar-refractivity contribution in [2.45, 2.75) is 19.0 Å². The van der Waals surface area contributed by atoms with E-state index in [2.05, 4.69) is 0 Å². The molecule has 0 radical (unpaired) electrons. The summed E-state index contributed by atoms with van der Waals surface area (Å²) in [5, 5.41) is 10.6. The van der Waals surface area contributed by atoms with Gasteiger partial charge >= 0.3 is 6.18 Å². The van der Waals surface area contributed by atoms with Gasteiger partial charge in [-0.2, -0.15) is 13.2 Å². The Balaban J connectivity index is 3.45. The van der Waals surface area contributed by atoms with Crippen molar-refractivity contribution in [3.05, 3.63) is 38.9 Å². The van der Waals surface area contributed by atoms with Crippen molar-refractivity contribution in [1.29, 1.82) is 0 Å². The number of hydrogen-bond donors (Lipinski definition) is 0. The van der Waals surface area contributed by atoms with Crippen LogP contribution in [-0.2, 0) is 12.1 Å². The second-order valence-electron chi connectivity index (χ2n) is 3.18. The van der Waals surface area contributed by atoms with E-state index in [0.29, 0.717) is 6.07 Å². The van der Waals surface area contributed by atoms with E-state index in [1.807, 2.05) is 0 Å². The number of nitro benzene ring substituents is 1. The molecule has 0 heterocycles. The standard InChI is InChI=1S/C9H7ClF3NO2/c1-5-2-6(4-10)8(14(15)16)3-7(5)9(11,12)13/h2-3H,4H2,1H3. The molecule has 0 spiro atoms. The summed E-state index contributed by atoms with van der Waals surface area (Å²) >= 11 is 5.43. The molecule has 0 bridgehead atoms. The van der Waals surface area contributed by atoms with Crippen molar-refractivity contribution < 1.29 is 18.1 Å². The average molecular weight is 254 g/mol. The first-order chi connectivity index (χ1) is 7.27. The topological polar surface area (TPSA) is 43.1 Å². The highest BCUT2D eigenvalue weighted by molar-refractivity contribution is 6.17. The fourth-order valence-electron chi connectivity index (χ4n) is 1.34. The zero-order chi connectivity index (χ0) is 12.5. The maximum absolute atomic E-state index is 12.5. The number of rotatable bonds is 2. The third-order valence-electron chi connectivity index (χ3n) is 2.07. The Bertz CT molecular complexity index is 431. The van der Waals surface area contributed by atoms with Crippen LogP contribution in [0.2, 0.25) is 0 Å². The second kappa shape index (κ2) is 4.29. The molecule has 16 heavy (non-hydrogen) atoms. The Labute approximate surface area is 94.0 Å². The van der Waals surface area contributed by atoms with Crippen LogP contribution in [-0.4, -0.2) is 4.92 Å². The molecule has 1 aromatic rings. The Kier molecular flexibility index (Phi) is 3.42. The zero-order valence-electron chi connectivity index (χ0n) is 8.14. The van der Waals surface area contributed by atoms with Gasteiger partial charge in [0.1, 0.15) is 0 Å². The summed E-state index contributed by atoms with van der Waals surface area (Å²) in [6.45, 7) is 1.24. The Morgan fingerprint density at radius 2 is 2.00 bits per heavy atom. The fraction of sp³-hybridized carbons (Fsp3) is 0.333. The van der Waals surface area contributed by atoms with Crippen molar-refractivity contribution in [2.75, 3.05) is 0 Å². The van der Waals surface area contributed by atoms with Crippen LogP contribution >= 0.6 is 11.6 Å². The smallest absolute Gasteiger partial charge is 0.258 e. The summed E-state index contributed by atoms with van der Waals surface area (Å²) < 4.78 is 37.4. The molecular formula is C9H7ClF3NO2. The van der Waals surface area contributed by atoms with E-state index in [-0.39, 0.29) is 17.0 Å². The Hall–Kier alpha value is -1.30. The van der Waals surface area contributed by atoms with E-state index in [1.165, 1.54) is 6.92 Å². The van der Waals surface area contributed by atoms with E-state index >= 15 is 0 Å². The van der Waals surface area contributed by atoms with Crippen molar-refractivity contribution in [1.82, 2.24) is 0 Å². The lowest BCUT2D eigenvalue weighted by molar-refractivity contribution is -0.385. The van der Waals surface area contributed by atoms with Gasteiger partial charge in [0.25, 0.3) is 5.69 Å². The molecule has 1 rings (SSSR count). The summed E-state index contributed by atoms with van der Waals surface area (Å²) in [7, 11) is 0. The summed E-state index contributed by atoms with van der Waals surface area (Å²) in [6.07, 6.45) is -4.60. The van der Waals surface area contributed by atoms with Crippen LogP contribution in [0.4, 0.5) is 18.9 Å². The lowest BCUT2D eigenvalue weighted by Crippen LogP contribution is -2.09. The molecule has 0 atom stereocenters. The highest BCUT2D eigenvalue weighted by Crippen LogP contribution is 2.36. The minimum Gasteiger partial charge on any atom is -0.258 e. The molecule has 3 nitrogen and oxygen atoms in total. The average Bonchev–Trinajstić information content (AvgIpc) is 2.14. The highest BCUT2D eigenvalue weighted by Gasteiger charge is 2.34. The molecule has 0 N–H and O–H groups in total. The van der Waals surface area contributed by atoms with E-state index in [0.717, 1.165) is 6.07 Å². The predicted molar refractivity (Wildman–Crippen MR) is 52.4 cm³/mol. The van der Waals surface area contributed by atoms with Gasteiger partial charge < -0.3 is 0 Å². The van der Waals surface area contributed by atoms with Crippen molar-refractivity contribution in [3.63, 3.8) is 0 Å². The van der Waals surface area contributed by atoms with Gasteiger partial charge in [0.15, 0.2) is 0 Å². The number of nitro groups is 1. The van der Waals surface area contributed by atoms with Crippen molar-refractivity contribution in [3.8, 4) is 0 Å². The normalized spacial score (nSPS) is 11.6. The van der Waals surface area contributed by atoms with Crippen LogP contribution < -0.4 is 0 Å². The summed E-state index contributed by atoms with van der Waals surface area (Å²) in [5.41, 5.74) is -1.60. The number of benzene rings is 1. The molecular weight excluding hydrogens is 247 g/mol. The minimum absolute atomic E-state index is 0.0752. The van der Waals surface area contributed by atoms with E-state index in [1.54, 1.807) is 0 Å². The van der Waals surface area contributed by atoms with Crippen molar-refractivity contribution in [2.24, 2.45) is 0 Å². The number of aryl methyl sites for hydroxylation is 1. The molecule has 1 aromatic carbocycles. The molecule has 7 heteroatoms. The van der Waals surface area contributed by atoms with E-state index < -0.39 is 22.4 Å². The fourth-order valence-corrected chi connectivity index (χ4v) is 1.55. The molecule has 0 aliphatic carbocycles. The number of halogens is 4. The van der Waals surface area contributed by atoms with Crippen LogP contribution in [0.5, 0.6) is 0 Å². The number of nitrogens with zero attached hydrogens (tertiary/aromatic N) is 1. The van der Waals surface area contributed by atoms with Gasteiger partial charge in [-0.15, -0.1) is 11.6 Å². The Morgan fingerprint density at radius 1 is 1.44 bits per heavy atom. The minimum atomic E-state index is -4.60. The molecule has 0 aromatic heterocycles. The molecule has 88 valence electrons. The second-order valence-corrected chi connectivity index (χ2v) is 3.45. The summed E-state index contributed by atoms with van der Waals surface area (Å²) in [6, 6.07) is 1.61. The molecule has 0 saturated carbocycles. The molecule has 0 aliphatic heterocycles. The van der Waals surface area contributed by atoms with Crippen molar-refractivity contribution >= 4 is 17.3 Å². The maximum Gasteiger partial charge on any atom is 0.416 e. The third kappa shape index (κ3) is 2.44. The van der Waals surface area contributed by atoms with Gasteiger partial charge in [0.2, 0.25) is 0 Å². The maximum atomic E-state index is 12.5. The number of hydrogen-bond acceptors (Lipinski definition) is 2. The van der Waals surface area contributed by atoms with Gasteiger partial charge in [-0.3, -0.25) is 10.1 Å². The first-order valence-corrected chi connectivity index (χ1v) is 4.72. The SMILES string of the molecule is Cc1cc(CCl)c([N+](=O)[O-])cc1C(F)(F)F. The zero-order valence-corrected chi connectivity index (χ0v) is 8.89. The number of alkyl halides is 4. The highest BCUT2D eigenvalue weighted by atomic mass is 35.5. The first kappa shape index (κ1) is 12.8.